The van der Waals surface area contributed by atoms with Gasteiger partial charge in [-0.25, -0.2) is 12.7 Å². The van der Waals surface area contributed by atoms with Crippen LogP contribution in [0.5, 0.6) is 0 Å². The average Bonchev–Trinajstić information content (AvgIpc) is 2.08. The van der Waals surface area contributed by atoms with E-state index in [4.69, 9.17) is 0 Å². The Hall–Kier alpha value is -0.0900. The summed E-state index contributed by atoms with van der Waals surface area (Å²) in [6.45, 7) is 4.61. The van der Waals surface area contributed by atoms with Gasteiger partial charge in [-0.2, -0.15) is 0 Å². The summed E-state index contributed by atoms with van der Waals surface area (Å²) in [5.74, 6) is 0.241. The summed E-state index contributed by atoms with van der Waals surface area (Å²) in [5.41, 5.74) is 0. The van der Waals surface area contributed by atoms with E-state index >= 15 is 0 Å². The van der Waals surface area contributed by atoms with Gasteiger partial charge in [0.15, 0.2) is 0 Å². The summed E-state index contributed by atoms with van der Waals surface area (Å²) >= 11 is 0. The quantitative estimate of drug-likeness (QED) is 0.590. The van der Waals surface area contributed by atoms with E-state index in [1.54, 1.807) is 7.05 Å². The molecule has 3 nitrogen and oxygen atoms in total. The van der Waals surface area contributed by atoms with Crippen molar-refractivity contribution < 1.29 is 8.42 Å². The maximum absolute atomic E-state index is 11.5. The molecule has 0 aliphatic carbocycles. The molecule has 4 heteroatoms. The lowest BCUT2D eigenvalue weighted by Gasteiger charge is -2.14. The lowest BCUT2D eigenvalue weighted by molar-refractivity contribution is 0.506. The second-order valence-corrected chi connectivity index (χ2v) is 5.70. The van der Waals surface area contributed by atoms with Crippen LogP contribution >= 0.6 is 0 Å². The fourth-order valence-electron chi connectivity index (χ4n) is 1.49. The van der Waals surface area contributed by atoms with Crippen LogP contribution < -0.4 is 0 Å². The Bertz CT molecular complexity index is 233. The highest BCUT2D eigenvalue weighted by Crippen LogP contribution is 2.25. The van der Waals surface area contributed by atoms with Gasteiger partial charge in [0.1, 0.15) is 0 Å². The molecule has 11 heavy (non-hydrogen) atoms. The monoisotopic (exact) mass is 177 g/mol. The molecule has 0 aromatic rings. The number of hydrogen-bond donors (Lipinski definition) is 0. The Morgan fingerprint density at radius 2 is 2.00 bits per heavy atom. The first-order valence-corrected chi connectivity index (χ1v) is 5.41. The molecule has 0 aromatic carbocycles. The minimum atomic E-state index is -2.93. The summed E-state index contributed by atoms with van der Waals surface area (Å²) in [7, 11) is -1.28. The van der Waals surface area contributed by atoms with Crippen molar-refractivity contribution in [3.05, 3.63) is 0 Å². The predicted octanol–water partition coefficient (Wildman–Crippen LogP) is 0.676. The van der Waals surface area contributed by atoms with Gasteiger partial charge in [0.05, 0.1) is 5.25 Å². The molecule has 0 amide bonds. The van der Waals surface area contributed by atoms with Crippen LogP contribution in [-0.4, -0.2) is 31.6 Å². The van der Waals surface area contributed by atoms with Crippen LogP contribution in [0.3, 0.4) is 0 Å². The molecule has 66 valence electrons. The maximum atomic E-state index is 11.5. The molecule has 1 aliphatic rings. The molecule has 1 atom stereocenters. The Morgan fingerprint density at radius 3 is 2.18 bits per heavy atom. The van der Waals surface area contributed by atoms with Gasteiger partial charge in [-0.15, -0.1) is 0 Å². The highest BCUT2D eigenvalue weighted by atomic mass is 32.2. The average molecular weight is 177 g/mol. The Labute approximate surface area is 68.4 Å². The normalized spacial score (nSPS) is 31.5. The second kappa shape index (κ2) is 2.75. The molecule has 1 heterocycles. The molecule has 0 saturated carbocycles. The van der Waals surface area contributed by atoms with Gasteiger partial charge in [-0.1, -0.05) is 13.8 Å². The predicted molar refractivity (Wildman–Crippen MR) is 44.8 cm³/mol. The first kappa shape index (κ1) is 9.00. The van der Waals surface area contributed by atoms with Crippen molar-refractivity contribution in [3.8, 4) is 0 Å². The maximum Gasteiger partial charge on any atom is 0.217 e. The first-order chi connectivity index (χ1) is 4.96. The van der Waals surface area contributed by atoms with Crippen LogP contribution in [0.4, 0.5) is 0 Å². The molecule has 1 aliphatic heterocycles. The third-order valence-electron chi connectivity index (χ3n) is 2.29. The van der Waals surface area contributed by atoms with Gasteiger partial charge in [0.25, 0.3) is 0 Å². The lowest BCUT2D eigenvalue weighted by atomic mass is 10.1. The van der Waals surface area contributed by atoms with Gasteiger partial charge in [0, 0.05) is 13.6 Å². The number of rotatable bonds is 1. The third-order valence-corrected chi connectivity index (χ3v) is 4.89. The molecular formula is C7H15NO2S. The summed E-state index contributed by atoms with van der Waals surface area (Å²) < 4.78 is 24.4. The van der Waals surface area contributed by atoms with Crippen molar-refractivity contribution in [3.63, 3.8) is 0 Å². The molecule has 0 spiro atoms. The van der Waals surface area contributed by atoms with Crippen LogP contribution in [0.25, 0.3) is 0 Å². The van der Waals surface area contributed by atoms with Gasteiger partial charge in [-0.3, -0.25) is 0 Å². The van der Waals surface area contributed by atoms with Gasteiger partial charge >= 0.3 is 0 Å². The van der Waals surface area contributed by atoms with Crippen molar-refractivity contribution in [2.45, 2.75) is 25.5 Å². The molecule has 0 aromatic heterocycles. The molecule has 0 radical (unpaired) electrons. The van der Waals surface area contributed by atoms with Crippen molar-refractivity contribution in [2.24, 2.45) is 5.92 Å². The summed E-state index contributed by atoms with van der Waals surface area (Å²) in [5, 5.41) is -0.146. The topological polar surface area (TPSA) is 37.4 Å². The molecule has 1 saturated heterocycles. The van der Waals surface area contributed by atoms with Crippen molar-refractivity contribution in [1.82, 2.24) is 4.31 Å². The summed E-state index contributed by atoms with van der Waals surface area (Å²) in [4.78, 5) is 0. The Balaban J connectivity index is 2.88. The molecule has 0 N–H and O–H groups in total. The minimum absolute atomic E-state index is 0.146. The van der Waals surface area contributed by atoms with Crippen molar-refractivity contribution in [1.29, 1.82) is 0 Å². The van der Waals surface area contributed by atoms with Crippen LogP contribution in [0.2, 0.25) is 0 Å². The first-order valence-electron chi connectivity index (χ1n) is 3.91. The Kier molecular flexibility index (Phi) is 2.25. The third kappa shape index (κ3) is 1.42. The highest BCUT2D eigenvalue weighted by Gasteiger charge is 2.37. The number of hydrogen-bond acceptors (Lipinski definition) is 2. The molecule has 1 rings (SSSR count). The molecule has 1 unspecified atom stereocenters. The molecule has 1 fully saturated rings. The van der Waals surface area contributed by atoms with Gasteiger partial charge < -0.3 is 0 Å². The summed E-state index contributed by atoms with van der Waals surface area (Å²) in [6.07, 6.45) is 0.788. The fourth-order valence-corrected chi connectivity index (χ4v) is 3.41. The van der Waals surface area contributed by atoms with Gasteiger partial charge in [0.2, 0.25) is 10.0 Å². The zero-order valence-electron chi connectivity index (χ0n) is 7.24. The van der Waals surface area contributed by atoms with E-state index in [2.05, 4.69) is 0 Å². The van der Waals surface area contributed by atoms with E-state index in [9.17, 15) is 8.42 Å². The largest absolute Gasteiger partial charge is 0.217 e. The molecular weight excluding hydrogens is 162 g/mol. The van der Waals surface area contributed by atoms with Gasteiger partial charge in [-0.05, 0) is 12.3 Å². The Morgan fingerprint density at radius 1 is 1.45 bits per heavy atom. The van der Waals surface area contributed by atoms with E-state index in [0.29, 0.717) is 6.54 Å². The zero-order chi connectivity index (χ0) is 8.65. The minimum Gasteiger partial charge on any atom is -0.212 e. The van der Waals surface area contributed by atoms with E-state index in [1.807, 2.05) is 13.8 Å². The van der Waals surface area contributed by atoms with E-state index in [-0.39, 0.29) is 11.2 Å². The standard InChI is InChI=1S/C7H15NO2S/c1-6(2)7-4-5-8(3)11(7,9)10/h6-7H,4-5H2,1-3H3. The van der Waals surface area contributed by atoms with Crippen LogP contribution in [-0.2, 0) is 10.0 Å². The summed E-state index contributed by atoms with van der Waals surface area (Å²) in [6, 6.07) is 0. The zero-order valence-corrected chi connectivity index (χ0v) is 8.06. The van der Waals surface area contributed by atoms with Crippen molar-refractivity contribution in [2.75, 3.05) is 13.6 Å². The highest BCUT2D eigenvalue weighted by molar-refractivity contribution is 7.90. The van der Waals surface area contributed by atoms with E-state index in [0.717, 1.165) is 6.42 Å². The van der Waals surface area contributed by atoms with E-state index < -0.39 is 10.0 Å². The number of nitrogens with zero attached hydrogens (tertiary/aromatic N) is 1. The van der Waals surface area contributed by atoms with Crippen LogP contribution in [0.1, 0.15) is 20.3 Å². The second-order valence-electron chi connectivity index (χ2n) is 3.44. The SMILES string of the molecule is CC(C)C1CCN(C)S1(=O)=O. The lowest BCUT2D eigenvalue weighted by Crippen LogP contribution is -2.28. The number of sulfonamides is 1. The smallest absolute Gasteiger partial charge is 0.212 e. The van der Waals surface area contributed by atoms with Crippen LogP contribution in [0, 0.1) is 5.92 Å². The van der Waals surface area contributed by atoms with E-state index in [1.165, 1.54) is 4.31 Å². The fraction of sp³-hybridized carbons (Fsp3) is 1.00. The van der Waals surface area contributed by atoms with Crippen LogP contribution in [0.15, 0.2) is 0 Å². The van der Waals surface area contributed by atoms with Crippen molar-refractivity contribution >= 4 is 10.0 Å². The molecule has 0 bridgehead atoms.